The van der Waals surface area contributed by atoms with Crippen molar-refractivity contribution in [2.24, 2.45) is 0 Å². The van der Waals surface area contributed by atoms with Gasteiger partial charge >= 0.3 is 12.1 Å². The van der Waals surface area contributed by atoms with Crippen molar-refractivity contribution < 1.29 is 23.1 Å². The molecule has 78 valence electrons. The molecule has 0 aromatic carbocycles. The summed E-state index contributed by atoms with van der Waals surface area (Å²) in [6.07, 6.45) is -6.78. The molecule has 0 aromatic rings. The quantitative estimate of drug-likeness (QED) is 0.527. The Bertz CT molecular complexity index is 202. The Morgan fingerprint density at radius 3 is 1.92 bits per heavy atom. The van der Waals surface area contributed by atoms with E-state index in [4.69, 9.17) is 5.11 Å². The molecule has 1 atom stereocenters. The van der Waals surface area contributed by atoms with Crippen molar-refractivity contribution in [2.75, 3.05) is 0 Å². The van der Waals surface area contributed by atoms with Crippen LogP contribution in [0.1, 0.15) is 0 Å². The van der Waals surface area contributed by atoms with Crippen LogP contribution in [0.4, 0.5) is 13.2 Å². The molecule has 3 nitrogen and oxygen atoms in total. The van der Waals surface area contributed by atoms with E-state index in [0.29, 0.717) is 0 Å². The highest BCUT2D eigenvalue weighted by Gasteiger charge is 2.42. The molecule has 13 heavy (non-hydrogen) atoms. The lowest BCUT2D eigenvalue weighted by molar-refractivity contribution is -0.176. The van der Waals surface area contributed by atoms with Crippen LogP contribution in [0.3, 0.4) is 0 Å². The fourth-order valence-electron chi connectivity index (χ4n) is 0.288. The van der Waals surface area contributed by atoms with E-state index in [1.54, 1.807) is 0 Å². The Balaban J connectivity index is 4.24. The Morgan fingerprint density at radius 1 is 1.31 bits per heavy atom. The van der Waals surface area contributed by atoms with E-state index in [0.717, 1.165) is 0 Å². The number of nitrogens with one attached hydrogen (secondary N) is 1. The number of carbonyl (C=O) groups is 1. The SMILES string of the molecule is O=C(N[C@H](O)C(Br)(Br)Br)C(F)(F)F. The van der Waals surface area contributed by atoms with Crippen LogP contribution < -0.4 is 5.32 Å². The molecule has 0 aliphatic carbocycles. The Hall–Kier alpha value is 0.660. The molecule has 0 unspecified atom stereocenters. The fourth-order valence-corrected chi connectivity index (χ4v) is 0.631. The summed E-state index contributed by atoms with van der Waals surface area (Å²) in [6, 6.07) is 0. The predicted molar refractivity (Wildman–Crippen MR) is 49.7 cm³/mol. The number of aliphatic hydroxyl groups is 1. The van der Waals surface area contributed by atoms with E-state index in [9.17, 15) is 18.0 Å². The molecule has 0 aliphatic heterocycles. The molecule has 0 heterocycles. The van der Waals surface area contributed by atoms with Crippen LogP contribution in [0.5, 0.6) is 0 Å². The minimum Gasteiger partial charge on any atom is -0.370 e. The number of carbonyl (C=O) groups excluding carboxylic acids is 1. The summed E-state index contributed by atoms with van der Waals surface area (Å²) in [4.78, 5) is 10.3. The van der Waals surface area contributed by atoms with E-state index in [-0.39, 0.29) is 0 Å². The zero-order chi connectivity index (χ0) is 10.9. The number of hydrogen-bond donors (Lipinski definition) is 2. The Morgan fingerprint density at radius 2 is 1.69 bits per heavy atom. The number of alkyl halides is 6. The van der Waals surface area contributed by atoms with Gasteiger partial charge in [-0.05, 0) is 0 Å². The third-order valence-electron chi connectivity index (χ3n) is 0.835. The van der Waals surface area contributed by atoms with Gasteiger partial charge in [0.2, 0.25) is 0 Å². The smallest absolute Gasteiger partial charge is 0.370 e. The average molecular weight is 394 g/mol. The van der Waals surface area contributed by atoms with Gasteiger partial charge < -0.3 is 10.4 Å². The second-order valence-corrected chi connectivity index (χ2v) is 8.86. The first-order valence-corrected chi connectivity index (χ1v) is 5.05. The van der Waals surface area contributed by atoms with Crippen molar-refractivity contribution in [3.05, 3.63) is 0 Å². The van der Waals surface area contributed by atoms with Crippen molar-refractivity contribution in [1.29, 1.82) is 0 Å². The first kappa shape index (κ1) is 13.7. The molecular formula is C4H3Br3F3NO2. The van der Waals surface area contributed by atoms with Crippen LogP contribution in [-0.4, -0.2) is 25.6 Å². The molecule has 0 fully saturated rings. The highest BCUT2D eigenvalue weighted by Crippen LogP contribution is 2.36. The van der Waals surface area contributed by atoms with Crippen LogP contribution in [0.25, 0.3) is 0 Å². The minimum atomic E-state index is -5.01. The van der Waals surface area contributed by atoms with Gasteiger partial charge in [0.05, 0.1) is 0 Å². The van der Waals surface area contributed by atoms with Crippen molar-refractivity contribution in [3.8, 4) is 0 Å². The van der Waals surface area contributed by atoms with Gasteiger partial charge in [-0.3, -0.25) is 4.79 Å². The van der Waals surface area contributed by atoms with Crippen LogP contribution in [0.2, 0.25) is 0 Å². The molecule has 0 aromatic heterocycles. The third kappa shape index (κ3) is 5.18. The van der Waals surface area contributed by atoms with Gasteiger partial charge in [-0.1, -0.05) is 47.8 Å². The van der Waals surface area contributed by atoms with Gasteiger partial charge in [0, 0.05) is 0 Å². The standard InChI is InChI=1S/C4H3Br3F3NO2/c5-3(6,7)1(12)11-2(13)4(8,9)10/h1,12H,(H,11,13)/t1-/m1/s1. The predicted octanol–water partition coefficient (Wildman–Crippen LogP) is 1.82. The van der Waals surface area contributed by atoms with E-state index < -0.39 is 20.5 Å². The van der Waals surface area contributed by atoms with Gasteiger partial charge in [0.25, 0.3) is 0 Å². The lowest BCUT2D eigenvalue weighted by Gasteiger charge is -2.21. The number of halogens is 6. The summed E-state index contributed by atoms with van der Waals surface area (Å²) < 4.78 is 33.5. The van der Waals surface area contributed by atoms with Gasteiger partial charge in [-0.25, -0.2) is 0 Å². The number of hydrogen-bond acceptors (Lipinski definition) is 2. The number of amides is 1. The number of rotatable bonds is 1. The fraction of sp³-hybridized carbons (Fsp3) is 0.750. The van der Waals surface area contributed by atoms with E-state index in [1.807, 2.05) is 0 Å². The zero-order valence-electron chi connectivity index (χ0n) is 5.70. The summed E-state index contributed by atoms with van der Waals surface area (Å²) in [7, 11) is 0. The van der Waals surface area contributed by atoms with Crippen molar-refractivity contribution in [1.82, 2.24) is 5.32 Å². The highest BCUT2D eigenvalue weighted by molar-refractivity contribution is 9.39. The van der Waals surface area contributed by atoms with Gasteiger partial charge in [0.15, 0.2) is 8.37 Å². The molecule has 2 N–H and O–H groups in total. The van der Waals surface area contributed by atoms with Crippen molar-refractivity contribution in [2.45, 2.75) is 14.5 Å². The highest BCUT2D eigenvalue weighted by atomic mass is 80.0. The molecule has 9 heteroatoms. The van der Waals surface area contributed by atoms with Gasteiger partial charge in [-0.2, -0.15) is 13.2 Å². The van der Waals surface area contributed by atoms with Crippen LogP contribution in [0.15, 0.2) is 0 Å². The van der Waals surface area contributed by atoms with Crippen LogP contribution in [0, 0.1) is 0 Å². The normalized spacial score (nSPS) is 15.3. The molecule has 0 saturated carbocycles. The van der Waals surface area contributed by atoms with Crippen LogP contribution in [-0.2, 0) is 4.79 Å². The third-order valence-corrected chi connectivity index (χ3v) is 2.14. The van der Waals surface area contributed by atoms with E-state index in [2.05, 4.69) is 47.8 Å². The first-order valence-electron chi connectivity index (χ1n) is 2.67. The minimum absolute atomic E-state index is 1.31. The first-order chi connectivity index (χ1) is 5.55. The maximum absolute atomic E-state index is 11.6. The second kappa shape index (κ2) is 4.45. The molecule has 0 saturated heterocycles. The summed E-state index contributed by atoms with van der Waals surface area (Å²) in [6.45, 7) is 0. The lowest BCUT2D eigenvalue weighted by Crippen LogP contribution is -2.48. The van der Waals surface area contributed by atoms with Crippen molar-refractivity contribution >= 4 is 53.7 Å². The molecular weight excluding hydrogens is 391 g/mol. The summed E-state index contributed by atoms with van der Waals surface area (Å²) in [5.41, 5.74) is 0. The van der Waals surface area contributed by atoms with E-state index in [1.165, 1.54) is 5.32 Å². The van der Waals surface area contributed by atoms with E-state index >= 15 is 0 Å². The maximum atomic E-state index is 11.6. The zero-order valence-corrected chi connectivity index (χ0v) is 10.5. The molecule has 0 bridgehead atoms. The topological polar surface area (TPSA) is 49.3 Å². The molecule has 1 amide bonds. The Kier molecular flexibility index (Phi) is 4.68. The second-order valence-electron chi connectivity index (χ2n) is 1.92. The molecule has 0 spiro atoms. The van der Waals surface area contributed by atoms with Crippen molar-refractivity contribution in [3.63, 3.8) is 0 Å². The summed E-state index contributed by atoms with van der Waals surface area (Å²) in [5.74, 6) is -2.22. The summed E-state index contributed by atoms with van der Waals surface area (Å²) >= 11 is 8.22. The van der Waals surface area contributed by atoms with Crippen LogP contribution >= 0.6 is 47.8 Å². The average Bonchev–Trinajstić information content (AvgIpc) is 1.82. The lowest BCUT2D eigenvalue weighted by atomic mass is 10.5. The molecule has 0 radical (unpaired) electrons. The summed E-state index contributed by atoms with van der Waals surface area (Å²) in [5, 5.41) is 10.3. The Labute approximate surface area is 96.4 Å². The molecule has 0 aliphatic rings. The molecule has 0 rings (SSSR count). The monoisotopic (exact) mass is 391 g/mol. The largest absolute Gasteiger partial charge is 0.471 e. The number of aliphatic hydroxyl groups excluding tert-OH is 1. The maximum Gasteiger partial charge on any atom is 0.471 e. The van der Waals surface area contributed by atoms with Gasteiger partial charge in [-0.15, -0.1) is 0 Å². The van der Waals surface area contributed by atoms with Gasteiger partial charge in [0.1, 0.15) is 0 Å².